The van der Waals surface area contributed by atoms with Gasteiger partial charge in [0.05, 0.1) is 6.33 Å². The fraction of sp³-hybridized carbons (Fsp3) is 0.400. The summed E-state index contributed by atoms with van der Waals surface area (Å²) in [6.45, 7) is 3.23. The maximum absolute atomic E-state index is 4.06. The summed E-state index contributed by atoms with van der Waals surface area (Å²) in [5.74, 6) is 0. The summed E-state index contributed by atoms with van der Waals surface area (Å²) in [7, 11) is 0. The topological polar surface area (TPSA) is 17.8 Å². The van der Waals surface area contributed by atoms with Crippen molar-refractivity contribution in [3.05, 3.63) is 54.1 Å². The summed E-state index contributed by atoms with van der Waals surface area (Å²) in [6.07, 6.45) is 10.5. The van der Waals surface area contributed by atoms with Gasteiger partial charge in [-0.1, -0.05) is 31.5 Å². The normalized spacial score (nSPS) is 10.6. The second-order valence-corrected chi connectivity index (χ2v) is 4.35. The van der Waals surface area contributed by atoms with Crippen molar-refractivity contribution < 1.29 is 0 Å². The van der Waals surface area contributed by atoms with E-state index in [1.165, 1.54) is 30.4 Å². The Balaban J connectivity index is 1.99. The highest BCUT2D eigenvalue weighted by molar-refractivity contribution is 5.26. The lowest BCUT2D eigenvalue weighted by Crippen LogP contribution is -2.01. The quantitative estimate of drug-likeness (QED) is 0.740. The molecule has 0 aliphatic rings. The van der Waals surface area contributed by atoms with Gasteiger partial charge < -0.3 is 4.57 Å². The standard InChI is InChI=1S/C15H19N2/c1-2-3-6-14-7-4-5-8-15(14)9-11-17-12-10-16-13-17/h4,7-8,10,12-13H,2-3,6,9,11H2,1H3. The van der Waals surface area contributed by atoms with Crippen LogP contribution in [-0.4, -0.2) is 9.55 Å². The lowest BCUT2D eigenvalue weighted by molar-refractivity contribution is 0.687. The molecule has 0 amide bonds. The van der Waals surface area contributed by atoms with Crippen LogP contribution in [0.2, 0.25) is 0 Å². The first-order valence-corrected chi connectivity index (χ1v) is 6.33. The Hall–Kier alpha value is -1.57. The van der Waals surface area contributed by atoms with Gasteiger partial charge in [0.1, 0.15) is 0 Å². The monoisotopic (exact) mass is 227 g/mol. The molecular formula is C15H19N2. The largest absolute Gasteiger partial charge is 0.337 e. The third-order valence-corrected chi connectivity index (χ3v) is 3.05. The van der Waals surface area contributed by atoms with E-state index in [1.54, 1.807) is 0 Å². The third kappa shape index (κ3) is 3.45. The van der Waals surface area contributed by atoms with E-state index < -0.39 is 0 Å². The minimum Gasteiger partial charge on any atom is -0.337 e. The van der Waals surface area contributed by atoms with Crippen molar-refractivity contribution in [3.8, 4) is 0 Å². The number of unbranched alkanes of at least 4 members (excludes halogenated alkanes) is 1. The van der Waals surface area contributed by atoms with Crippen molar-refractivity contribution >= 4 is 0 Å². The Labute approximate surface area is 103 Å². The van der Waals surface area contributed by atoms with E-state index in [2.05, 4.69) is 34.7 Å². The highest BCUT2D eigenvalue weighted by Gasteiger charge is 2.01. The molecular weight excluding hydrogens is 208 g/mol. The van der Waals surface area contributed by atoms with Gasteiger partial charge in [0.25, 0.3) is 0 Å². The highest BCUT2D eigenvalue weighted by Crippen LogP contribution is 2.13. The molecule has 0 spiro atoms. The van der Waals surface area contributed by atoms with E-state index in [4.69, 9.17) is 0 Å². The zero-order chi connectivity index (χ0) is 11.9. The molecule has 0 aliphatic carbocycles. The molecule has 1 heterocycles. The van der Waals surface area contributed by atoms with Crippen LogP contribution >= 0.6 is 0 Å². The van der Waals surface area contributed by atoms with Crippen molar-refractivity contribution in [3.63, 3.8) is 0 Å². The molecule has 0 aliphatic heterocycles. The average molecular weight is 227 g/mol. The number of nitrogens with zero attached hydrogens (tertiary/aromatic N) is 2. The fourth-order valence-corrected chi connectivity index (χ4v) is 2.01. The molecule has 0 saturated heterocycles. The average Bonchev–Trinajstić information content (AvgIpc) is 2.88. The maximum Gasteiger partial charge on any atom is 0.0946 e. The van der Waals surface area contributed by atoms with Crippen LogP contribution in [-0.2, 0) is 19.4 Å². The maximum atomic E-state index is 4.06. The van der Waals surface area contributed by atoms with Crippen LogP contribution in [0.4, 0.5) is 0 Å². The smallest absolute Gasteiger partial charge is 0.0946 e. The molecule has 2 nitrogen and oxygen atoms in total. The summed E-state index contributed by atoms with van der Waals surface area (Å²) >= 11 is 0. The highest BCUT2D eigenvalue weighted by atomic mass is 15.0. The first-order valence-electron chi connectivity index (χ1n) is 6.33. The summed E-state index contributed by atoms with van der Waals surface area (Å²) in [5, 5.41) is 0. The molecule has 17 heavy (non-hydrogen) atoms. The van der Waals surface area contributed by atoms with Gasteiger partial charge in [0, 0.05) is 18.9 Å². The van der Waals surface area contributed by atoms with E-state index in [1.807, 2.05) is 24.8 Å². The summed E-state index contributed by atoms with van der Waals surface area (Å²) in [4.78, 5) is 4.06. The van der Waals surface area contributed by atoms with Gasteiger partial charge in [-0.2, -0.15) is 0 Å². The predicted molar refractivity (Wildman–Crippen MR) is 69.8 cm³/mol. The number of benzene rings is 1. The number of imidazole rings is 1. The van der Waals surface area contributed by atoms with Crippen LogP contribution < -0.4 is 0 Å². The number of hydrogen-bond acceptors (Lipinski definition) is 1. The molecule has 0 unspecified atom stereocenters. The Bertz CT molecular complexity index is 432. The van der Waals surface area contributed by atoms with Crippen molar-refractivity contribution in [1.82, 2.24) is 9.55 Å². The van der Waals surface area contributed by atoms with Gasteiger partial charge in [-0.3, -0.25) is 0 Å². The molecule has 2 heteroatoms. The van der Waals surface area contributed by atoms with Crippen molar-refractivity contribution in [1.29, 1.82) is 0 Å². The zero-order valence-electron chi connectivity index (χ0n) is 10.4. The Kier molecular flexibility index (Phi) is 4.37. The van der Waals surface area contributed by atoms with Gasteiger partial charge in [0.15, 0.2) is 0 Å². The van der Waals surface area contributed by atoms with Crippen LogP contribution in [0.5, 0.6) is 0 Å². The van der Waals surface area contributed by atoms with Crippen LogP contribution in [0.3, 0.4) is 0 Å². The summed E-state index contributed by atoms with van der Waals surface area (Å²) in [5.41, 5.74) is 2.90. The number of rotatable bonds is 6. The van der Waals surface area contributed by atoms with Crippen molar-refractivity contribution in [2.45, 2.75) is 39.2 Å². The van der Waals surface area contributed by atoms with Crippen molar-refractivity contribution in [2.24, 2.45) is 0 Å². The van der Waals surface area contributed by atoms with E-state index >= 15 is 0 Å². The molecule has 0 atom stereocenters. The Morgan fingerprint density at radius 3 is 3.00 bits per heavy atom. The number of aryl methyl sites for hydroxylation is 3. The lowest BCUT2D eigenvalue weighted by Gasteiger charge is -2.09. The molecule has 0 bridgehead atoms. The van der Waals surface area contributed by atoms with E-state index in [0.717, 1.165) is 13.0 Å². The fourth-order valence-electron chi connectivity index (χ4n) is 2.01. The van der Waals surface area contributed by atoms with Gasteiger partial charge >= 0.3 is 0 Å². The molecule has 0 N–H and O–H groups in total. The van der Waals surface area contributed by atoms with Crippen LogP contribution in [0.25, 0.3) is 0 Å². The first-order chi connectivity index (χ1) is 8.40. The van der Waals surface area contributed by atoms with E-state index in [9.17, 15) is 0 Å². The van der Waals surface area contributed by atoms with Gasteiger partial charge in [0.2, 0.25) is 0 Å². The molecule has 2 aromatic rings. The zero-order valence-corrected chi connectivity index (χ0v) is 10.4. The third-order valence-electron chi connectivity index (χ3n) is 3.05. The molecule has 2 rings (SSSR count). The van der Waals surface area contributed by atoms with E-state index in [0.29, 0.717) is 0 Å². The lowest BCUT2D eigenvalue weighted by atomic mass is 10.00. The minimum absolute atomic E-state index is 0.997. The second kappa shape index (κ2) is 6.24. The summed E-state index contributed by atoms with van der Waals surface area (Å²) in [6, 6.07) is 9.54. The molecule has 0 fully saturated rings. The second-order valence-electron chi connectivity index (χ2n) is 4.35. The first kappa shape index (κ1) is 11.9. The molecule has 1 aromatic heterocycles. The SMILES string of the molecule is CCCCc1cc[c]cc1CCn1ccnc1. The van der Waals surface area contributed by atoms with Crippen molar-refractivity contribution in [2.75, 3.05) is 0 Å². The number of aromatic nitrogens is 2. The van der Waals surface area contributed by atoms with Crippen LogP contribution in [0, 0.1) is 6.07 Å². The minimum atomic E-state index is 0.997. The Morgan fingerprint density at radius 1 is 1.29 bits per heavy atom. The van der Waals surface area contributed by atoms with Crippen LogP contribution in [0.1, 0.15) is 30.9 Å². The van der Waals surface area contributed by atoms with Gasteiger partial charge in [-0.25, -0.2) is 4.98 Å². The Morgan fingerprint density at radius 2 is 2.24 bits per heavy atom. The van der Waals surface area contributed by atoms with Gasteiger partial charge in [-0.15, -0.1) is 0 Å². The number of hydrogen-bond donors (Lipinski definition) is 0. The molecule has 89 valence electrons. The molecule has 1 radical (unpaired) electrons. The predicted octanol–water partition coefficient (Wildman–Crippen LogP) is 3.27. The summed E-state index contributed by atoms with van der Waals surface area (Å²) < 4.78 is 2.12. The molecule has 1 aromatic carbocycles. The van der Waals surface area contributed by atoms with Gasteiger partial charge in [-0.05, 0) is 36.5 Å². The van der Waals surface area contributed by atoms with Crippen LogP contribution in [0.15, 0.2) is 36.9 Å². The van der Waals surface area contributed by atoms with E-state index in [-0.39, 0.29) is 0 Å². The molecule has 0 saturated carbocycles.